The third kappa shape index (κ3) is 1.77. The van der Waals surface area contributed by atoms with Crippen molar-refractivity contribution in [1.29, 1.82) is 0 Å². The molecule has 2 aliphatic rings. The van der Waals surface area contributed by atoms with Crippen molar-refractivity contribution in [2.24, 2.45) is 5.92 Å². The van der Waals surface area contributed by atoms with E-state index in [-0.39, 0.29) is 0 Å². The highest BCUT2D eigenvalue weighted by molar-refractivity contribution is 5.36. The Kier molecular flexibility index (Phi) is 2.50. The molecule has 0 amide bonds. The van der Waals surface area contributed by atoms with Gasteiger partial charge in [0.15, 0.2) is 0 Å². The number of hydrogen-bond donors (Lipinski definition) is 0. The molecular weight excluding hydrogens is 132 g/mol. The van der Waals surface area contributed by atoms with E-state index in [0.717, 1.165) is 5.92 Å². The van der Waals surface area contributed by atoms with Crippen LogP contribution < -0.4 is 0 Å². The molecule has 0 aromatic heterocycles. The van der Waals surface area contributed by atoms with Crippen molar-refractivity contribution >= 4 is 0 Å². The zero-order chi connectivity index (χ0) is 7.52. The van der Waals surface area contributed by atoms with Crippen LogP contribution in [0.1, 0.15) is 32.1 Å². The van der Waals surface area contributed by atoms with Gasteiger partial charge >= 0.3 is 0 Å². The summed E-state index contributed by atoms with van der Waals surface area (Å²) >= 11 is 0. The van der Waals surface area contributed by atoms with Crippen molar-refractivity contribution in [3.05, 3.63) is 31.6 Å². The van der Waals surface area contributed by atoms with E-state index in [0.29, 0.717) is 0 Å². The van der Waals surface area contributed by atoms with Crippen LogP contribution in [0.4, 0.5) is 0 Å². The first-order valence-corrected chi connectivity index (χ1v) is 4.68. The maximum atomic E-state index is 2.27. The number of rotatable bonds is 1. The fraction of sp³-hybridized carbons (Fsp3) is 0.545. The molecule has 5 radical (unpaired) electrons. The lowest BCUT2D eigenvalue weighted by Crippen LogP contribution is -2.13. The zero-order valence-electron chi connectivity index (χ0n) is 6.92. The van der Waals surface area contributed by atoms with E-state index in [1.165, 1.54) is 32.1 Å². The van der Waals surface area contributed by atoms with Crippen molar-refractivity contribution in [2.75, 3.05) is 0 Å². The lowest BCUT2D eigenvalue weighted by molar-refractivity contribution is 0.383. The zero-order valence-corrected chi connectivity index (χ0v) is 6.92. The predicted molar refractivity (Wildman–Crippen MR) is 47.0 cm³/mol. The second-order valence-corrected chi connectivity index (χ2v) is 3.55. The summed E-state index contributed by atoms with van der Waals surface area (Å²) in [5.74, 6) is 2.46. The molecule has 0 nitrogen and oxygen atoms in total. The van der Waals surface area contributed by atoms with Crippen LogP contribution in [-0.4, -0.2) is 0 Å². The van der Waals surface area contributed by atoms with Gasteiger partial charge in [-0.1, -0.05) is 19.3 Å². The Morgan fingerprint density at radius 2 is 1.55 bits per heavy atom. The van der Waals surface area contributed by atoms with Gasteiger partial charge in [-0.3, -0.25) is 0 Å². The SMILES string of the molecule is [CH]1[CH][CH][C](C2CCCCC2)[CH]1. The van der Waals surface area contributed by atoms with Crippen LogP contribution in [0.2, 0.25) is 0 Å². The van der Waals surface area contributed by atoms with E-state index < -0.39 is 0 Å². The fourth-order valence-electron chi connectivity index (χ4n) is 2.10. The predicted octanol–water partition coefficient (Wildman–Crippen LogP) is 2.97. The van der Waals surface area contributed by atoms with Gasteiger partial charge in [0.05, 0.1) is 0 Å². The van der Waals surface area contributed by atoms with Crippen LogP contribution in [0.5, 0.6) is 0 Å². The lowest BCUT2D eigenvalue weighted by Gasteiger charge is -2.26. The van der Waals surface area contributed by atoms with E-state index in [9.17, 15) is 0 Å². The van der Waals surface area contributed by atoms with Gasteiger partial charge in [0.2, 0.25) is 0 Å². The van der Waals surface area contributed by atoms with Gasteiger partial charge in [-0.05, 0) is 50.4 Å². The van der Waals surface area contributed by atoms with Crippen LogP contribution in [0, 0.1) is 37.5 Å². The largest absolute Gasteiger partial charge is 0.0533 e. The van der Waals surface area contributed by atoms with Gasteiger partial charge in [0.1, 0.15) is 0 Å². The van der Waals surface area contributed by atoms with Gasteiger partial charge in [-0.15, -0.1) is 0 Å². The maximum absolute atomic E-state index is 2.27. The first-order chi connectivity index (χ1) is 5.47. The molecule has 0 atom stereocenters. The van der Waals surface area contributed by atoms with Crippen molar-refractivity contribution in [3.63, 3.8) is 0 Å². The van der Waals surface area contributed by atoms with Crippen LogP contribution >= 0.6 is 0 Å². The molecule has 0 spiro atoms. The summed E-state index contributed by atoms with van der Waals surface area (Å²) < 4.78 is 0. The Bertz CT molecular complexity index is 105. The molecule has 0 N–H and O–H groups in total. The summed E-state index contributed by atoms with van der Waals surface area (Å²) in [7, 11) is 0. The van der Waals surface area contributed by atoms with Crippen molar-refractivity contribution in [1.82, 2.24) is 0 Å². The minimum Gasteiger partial charge on any atom is -0.0533 e. The van der Waals surface area contributed by atoms with Crippen LogP contribution in [0.15, 0.2) is 0 Å². The van der Waals surface area contributed by atoms with Gasteiger partial charge in [0, 0.05) is 0 Å². The molecule has 0 unspecified atom stereocenters. The summed E-state index contributed by atoms with van der Waals surface area (Å²) in [6, 6.07) is 0. The molecule has 0 aromatic carbocycles. The van der Waals surface area contributed by atoms with E-state index in [2.05, 4.69) is 25.7 Å². The molecule has 0 saturated heterocycles. The topological polar surface area (TPSA) is 0 Å². The third-order valence-electron chi connectivity index (χ3n) is 2.77. The average molecular weight is 147 g/mol. The van der Waals surface area contributed by atoms with Gasteiger partial charge < -0.3 is 0 Å². The molecule has 59 valence electrons. The Balaban J connectivity index is 1.82. The smallest absolute Gasteiger partial charge is 0.0136 e. The third-order valence-corrected chi connectivity index (χ3v) is 2.77. The van der Waals surface area contributed by atoms with Crippen molar-refractivity contribution < 1.29 is 0 Å². The van der Waals surface area contributed by atoms with Gasteiger partial charge in [0.25, 0.3) is 0 Å². The quantitative estimate of drug-likeness (QED) is 0.535. The van der Waals surface area contributed by atoms with Crippen LogP contribution in [-0.2, 0) is 0 Å². The lowest BCUT2D eigenvalue weighted by atomic mass is 9.79. The monoisotopic (exact) mass is 147 g/mol. The molecule has 0 bridgehead atoms. The summed E-state index contributed by atoms with van der Waals surface area (Å²) in [5, 5.41) is 0. The van der Waals surface area contributed by atoms with Crippen molar-refractivity contribution in [2.45, 2.75) is 32.1 Å². The van der Waals surface area contributed by atoms with Gasteiger partial charge in [-0.25, -0.2) is 0 Å². The molecule has 0 heterocycles. The van der Waals surface area contributed by atoms with Crippen molar-refractivity contribution in [3.8, 4) is 0 Å². The standard InChI is InChI=1S/C11H15/c1-2-6-10(7-3-1)11-8-4-5-9-11/h4-5,8-10H,1-3,6-7H2. The highest BCUT2D eigenvalue weighted by Crippen LogP contribution is 2.38. The molecule has 2 aliphatic carbocycles. The molecule has 2 saturated carbocycles. The van der Waals surface area contributed by atoms with Gasteiger partial charge in [-0.2, -0.15) is 0 Å². The minimum atomic E-state index is 0.888. The normalized spacial score (nSPS) is 29.5. The molecular formula is C11H15. The molecule has 11 heavy (non-hydrogen) atoms. The Labute approximate surface area is 70.4 Å². The Morgan fingerprint density at radius 1 is 0.909 bits per heavy atom. The first-order valence-electron chi connectivity index (χ1n) is 4.68. The van der Waals surface area contributed by atoms with E-state index in [4.69, 9.17) is 0 Å². The first kappa shape index (κ1) is 7.64. The summed E-state index contributed by atoms with van der Waals surface area (Å²) in [6.45, 7) is 0. The highest BCUT2D eigenvalue weighted by atomic mass is 14.3. The second-order valence-electron chi connectivity index (χ2n) is 3.55. The minimum absolute atomic E-state index is 0.888. The summed E-state index contributed by atoms with van der Waals surface area (Å²) in [6.07, 6.45) is 16.0. The van der Waals surface area contributed by atoms with Crippen LogP contribution in [0.3, 0.4) is 0 Å². The Morgan fingerprint density at radius 3 is 2.18 bits per heavy atom. The highest BCUT2D eigenvalue weighted by Gasteiger charge is 2.26. The molecule has 2 fully saturated rings. The van der Waals surface area contributed by atoms with E-state index in [1.807, 2.05) is 0 Å². The van der Waals surface area contributed by atoms with E-state index >= 15 is 0 Å². The molecule has 0 aliphatic heterocycles. The average Bonchev–Trinajstić information content (AvgIpc) is 2.58. The second kappa shape index (κ2) is 3.60. The maximum Gasteiger partial charge on any atom is -0.0136 e. The molecule has 0 aromatic rings. The fourth-order valence-corrected chi connectivity index (χ4v) is 2.10. The molecule has 0 heteroatoms. The van der Waals surface area contributed by atoms with E-state index in [1.54, 1.807) is 5.92 Å². The summed E-state index contributed by atoms with van der Waals surface area (Å²) in [4.78, 5) is 0. The Hall–Kier alpha value is 0. The molecule has 2 rings (SSSR count). The summed E-state index contributed by atoms with van der Waals surface area (Å²) in [5.41, 5.74) is 0. The van der Waals surface area contributed by atoms with Crippen LogP contribution in [0.25, 0.3) is 0 Å². The number of hydrogen-bond acceptors (Lipinski definition) is 0.